The average molecular weight is 235 g/mol. The van der Waals surface area contributed by atoms with E-state index in [2.05, 4.69) is 4.99 Å². The molecule has 0 radical (unpaired) electrons. The maximum Gasteiger partial charge on any atom is 0.163 e. The Morgan fingerprint density at radius 1 is 1.35 bits per heavy atom. The summed E-state index contributed by atoms with van der Waals surface area (Å²) in [5.41, 5.74) is 0.874. The lowest BCUT2D eigenvalue weighted by Gasteiger charge is -2.15. The molecule has 1 aromatic carbocycles. The summed E-state index contributed by atoms with van der Waals surface area (Å²) in [6.07, 6.45) is 1.70. The van der Waals surface area contributed by atoms with E-state index in [1.165, 1.54) is 0 Å². The summed E-state index contributed by atoms with van der Waals surface area (Å²) in [5, 5.41) is 0. The molecule has 1 aliphatic rings. The lowest BCUT2D eigenvalue weighted by molar-refractivity contribution is -0.130. The molecule has 0 unspecified atom stereocenters. The van der Waals surface area contributed by atoms with Crippen molar-refractivity contribution in [3.8, 4) is 5.75 Å². The molecule has 0 saturated carbocycles. The molecule has 0 aliphatic carbocycles. The first-order chi connectivity index (χ1) is 8.09. The fourth-order valence-corrected chi connectivity index (χ4v) is 1.63. The van der Waals surface area contributed by atoms with Crippen LogP contribution in [0.5, 0.6) is 5.75 Å². The van der Waals surface area contributed by atoms with Crippen molar-refractivity contribution in [1.29, 1.82) is 0 Å². The highest BCUT2D eigenvalue weighted by atomic mass is 16.7. The molecule has 0 amide bonds. The van der Waals surface area contributed by atoms with Crippen LogP contribution < -0.4 is 4.74 Å². The van der Waals surface area contributed by atoms with E-state index in [4.69, 9.17) is 14.2 Å². The predicted octanol–water partition coefficient (Wildman–Crippen LogP) is 2.55. The topological polar surface area (TPSA) is 40.0 Å². The van der Waals surface area contributed by atoms with Crippen molar-refractivity contribution in [2.45, 2.75) is 25.7 Å². The molecule has 17 heavy (non-hydrogen) atoms. The van der Waals surface area contributed by atoms with Gasteiger partial charge in [-0.15, -0.1) is 0 Å². The summed E-state index contributed by atoms with van der Waals surface area (Å²) in [7, 11) is 1.64. The quantitative estimate of drug-likeness (QED) is 0.756. The molecule has 92 valence electrons. The molecule has 1 fully saturated rings. The van der Waals surface area contributed by atoms with Gasteiger partial charge in [0.25, 0.3) is 0 Å². The van der Waals surface area contributed by atoms with Gasteiger partial charge in [-0.05, 0) is 38.1 Å². The Morgan fingerprint density at radius 2 is 2.06 bits per heavy atom. The van der Waals surface area contributed by atoms with Crippen LogP contribution in [0, 0.1) is 0 Å². The smallest absolute Gasteiger partial charge is 0.163 e. The fourth-order valence-electron chi connectivity index (χ4n) is 1.63. The number of nitrogens with zero attached hydrogens (tertiary/aromatic N) is 1. The number of methoxy groups -OCH3 is 1. The first-order valence-corrected chi connectivity index (χ1v) is 5.59. The van der Waals surface area contributed by atoms with Crippen molar-refractivity contribution in [3.05, 3.63) is 24.3 Å². The van der Waals surface area contributed by atoms with Crippen LogP contribution in [-0.2, 0) is 9.47 Å². The minimum Gasteiger partial charge on any atom is -0.497 e. The van der Waals surface area contributed by atoms with Crippen LogP contribution in [0.15, 0.2) is 29.3 Å². The Balaban J connectivity index is 1.96. The van der Waals surface area contributed by atoms with E-state index >= 15 is 0 Å². The predicted molar refractivity (Wildman–Crippen MR) is 66.1 cm³/mol. The van der Waals surface area contributed by atoms with E-state index in [0.29, 0.717) is 6.61 Å². The molecule has 4 heteroatoms. The number of hydrogen-bond acceptors (Lipinski definition) is 4. The van der Waals surface area contributed by atoms with Gasteiger partial charge in [-0.25, -0.2) is 0 Å². The standard InChI is InChI=1S/C13H17NO3/c1-13(2)16-9-12(17-13)8-14-10-4-6-11(15-3)7-5-10/h4-8,12H,9H2,1-3H3/t12-/m0/s1. The molecule has 1 aromatic rings. The van der Waals surface area contributed by atoms with Crippen LogP contribution in [0.3, 0.4) is 0 Å². The second-order valence-corrected chi connectivity index (χ2v) is 4.34. The minimum absolute atomic E-state index is 0.0768. The van der Waals surface area contributed by atoms with E-state index < -0.39 is 5.79 Å². The monoisotopic (exact) mass is 235 g/mol. The summed E-state index contributed by atoms with van der Waals surface area (Å²) in [6.45, 7) is 4.34. The van der Waals surface area contributed by atoms with Gasteiger partial charge in [-0.1, -0.05) is 0 Å². The number of benzene rings is 1. The lowest BCUT2D eigenvalue weighted by atomic mass is 10.3. The van der Waals surface area contributed by atoms with Gasteiger partial charge in [0, 0.05) is 6.21 Å². The Bertz CT molecular complexity index is 398. The van der Waals surface area contributed by atoms with Crippen molar-refractivity contribution in [2.75, 3.05) is 13.7 Å². The van der Waals surface area contributed by atoms with Gasteiger partial charge in [-0.2, -0.15) is 0 Å². The summed E-state index contributed by atoms with van der Waals surface area (Å²) >= 11 is 0. The first-order valence-electron chi connectivity index (χ1n) is 5.59. The molecule has 0 N–H and O–H groups in total. The summed E-state index contributed by atoms with van der Waals surface area (Å²) < 4.78 is 16.1. The molecular formula is C13H17NO3. The maximum atomic E-state index is 5.62. The molecule has 0 spiro atoms. The van der Waals surface area contributed by atoms with Crippen LogP contribution in [0.2, 0.25) is 0 Å². The zero-order chi connectivity index (χ0) is 12.3. The molecule has 1 saturated heterocycles. The second kappa shape index (κ2) is 4.85. The van der Waals surface area contributed by atoms with Gasteiger partial charge in [0.1, 0.15) is 11.9 Å². The molecular weight excluding hydrogens is 218 g/mol. The highest BCUT2D eigenvalue weighted by molar-refractivity contribution is 5.68. The van der Waals surface area contributed by atoms with E-state index in [0.717, 1.165) is 11.4 Å². The van der Waals surface area contributed by atoms with Gasteiger partial charge in [0.2, 0.25) is 0 Å². The minimum atomic E-state index is -0.503. The molecule has 1 heterocycles. The Kier molecular flexibility index (Phi) is 3.45. The summed E-state index contributed by atoms with van der Waals surface area (Å²) in [5.74, 6) is 0.321. The largest absolute Gasteiger partial charge is 0.497 e. The normalized spacial score (nSPS) is 23.1. The van der Waals surface area contributed by atoms with Gasteiger partial charge >= 0.3 is 0 Å². The third-order valence-corrected chi connectivity index (χ3v) is 2.49. The van der Waals surface area contributed by atoms with Crippen LogP contribution in [0.4, 0.5) is 5.69 Å². The molecule has 1 atom stereocenters. The van der Waals surface area contributed by atoms with Gasteiger partial charge in [0.05, 0.1) is 19.4 Å². The Labute approximate surface area is 101 Å². The third kappa shape index (κ3) is 3.28. The highest BCUT2D eigenvalue weighted by Crippen LogP contribution is 2.22. The Hall–Kier alpha value is -1.39. The fraction of sp³-hybridized carbons (Fsp3) is 0.462. The zero-order valence-corrected chi connectivity index (χ0v) is 10.3. The maximum absolute atomic E-state index is 5.62. The zero-order valence-electron chi connectivity index (χ0n) is 10.3. The highest BCUT2D eigenvalue weighted by Gasteiger charge is 2.31. The van der Waals surface area contributed by atoms with Crippen molar-refractivity contribution < 1.29 is 14.2 Å². The Morgan fingerprint density at radius 3 is 2.59 bits per heavy atom. The van der Waals surface area contributed by atoms with E-state index in [-0.39, 0.29) is 6.10 Å². The molecule has 0 aromatic heterocycles. The van der Waals surface area contributed by atoms with E-state index in [9.17, 15) is 0 Å². The number of hydrogen-bond donors (Lipinski definition) is 0. The van der Waals surface area contributed by atoms with Gasteiger partial charge < -0.3 is 14.2 Å². The van der Waals surface area contributed by atoms with Crippen LogP contribution in [-0.4, -0.2) is 31.8 Å². The van der Waals surface area contributed by atoms with E-state index in [1.54, 1.807) is 13.3 Å². The third-order valence-electron chi connectivity index (χ3n) is 2.49. The van der Waals surface area contributed by atoms with Crippen LogP contribution in [0.25, 0.3) is 0 Å². The van der Waals surface area contributed by atoms with Gasteiger partial charge in [0.15, 0.2) is 5.79 Å². The molecule has 1 aliphatic heterocycles. The van der Waals surface area contributed by atoms with Crippen molar-refractivity contribution >= 4 is 11.9 Å². The summed E-state index contributed by atoms with van der Waals surface area (Å²) in [4.78, 5) is 4.34. The second-order valence-electron chi connectivity index (χ2n) is 4.34. The molecule has 4 nitrogen and oxygen atoms in total. The van der Waals surface area contributed by atoms with Crippen molar-refractivity contribution in [3.63, 3.8) is 0 Å². The SMILES string of the molecule is COc1ccc(N=C[C@H]2COC(C)(C)O2)cc1. The summed E-state index contributed by atoms with van der Waals surface area (Å²) in [6, 6.07) is 7.55. The molecule has 2 rings (SSSR count). The molecule has 0 bridgehead atoms. The van der Waals surface area contributed by atoms with Crippen LogP contribution in [0.1, 0.15) is 13.8 Å². The van der Waals surface area contributed by atoms with Crippen molar-refractivity contribution in [1.82, 2.24) is 0 Å². The van der Waals surface area contributed by atoms with Gasteiger partial charge in [-0.3, -0.25) is 4.99 Å². The van der Waals surface area contributed by atoms with E-state index in [1.807, 2.05) is 38.1 Å². The number of ether oxygens (including phenoxy) is 3. The van der Waals surface area contributed by atoms with Crippen LogP contribution >= 0.6 is 0 Å². The van der Waals surface area contributed by atoms with Crippen molar-refractivity contribution in [2.24, 2.45) is 4.99 Å². The number of aliphatic imine (C=N–C) groups is 1. The lowest BCUT2D eigenvalue weighted by Crippen LogP contribution is -2.21. The number of rotatable bonds is 3. The average Bonchev–Trinajstić information content (AvgIpc) is 2.67. The first kappa shape index (κ1) is 12.1.